The van der Waals surface area contributed by atoms with Crippen LogP contribution in [0.25, 0.3) is 11.0 Å². The Morgan fingerprint density at radius 3 is 3.20 bits per heavy atom. The summed E-state index contributed by atoms with van der Waals surface area (Å²) in [4.78, 5) is 7.64. The molecule has 0 aromatic carbocycles. The lowest BCUT2D eigenvalue weighted by molar-refractivity contribution is 0.463. The minimum absolute atomic E-state index is 0.642. The Morgan fingerprint density at radius 1 is 1.33 bits per heavy atom. The maximum Gasteiger partial charge on any atom is 0.0881 e. The van der Waals surface area contributed by atoms with Crippen LogP contribution in [-0.4, -0.2) is 23.1 Å². The number of hydrogen-bond acceptors (Lipinski definition) is 2. The molecule has 1 saturated heterocycles. The first-order valence-corrected chi connectivity index (χ1v) is 5.58. The molecule has 0 amide bonds. The van der Waals surface area contributed by atoms with E-state index in [0.29, 0.717) is 5.92 Å². The van der Waals surface area contributed by atoms with Crippen molar-refractivity contribution in [2.24, 2.45) is 0 Å². The van der Waals surface area contributed by atoms with Crippen molar-refractivity contribution in [3.63, 3.8) is 0 Å². The van der Waals surface area contributed by atoms with Gasteiger partial charge in [0.05, 0.1) is 11.0 Å². The molecule has 15 heavy (non-hydrogen) atoms. The van der Waals surface area contributed by atoms with Gasteiger partial charge >= 0.3 is 0 Å². The van der Waals surface area contributed by atoms with Crippen LogP contribution in [0.15, 0.2) is 24.5 Å². The Balaban J connectivity index is 2.05. The number of rotatable bonds is 1. The van der Waals surface area contributed by atoms with Gasteiger partial charge in [-0.1, -0.05) is 0 Å². The standard InChI is InChI=1S/C12H15N3/c1-2-9(8-13-5-1)10-3-6-14-11-4-7-15-12(10)11/h3-4,6-7,9,13,15H,1-2,5,8H2. The molecule has 2 aromatic heterocycles. The number of nitrogens with zero attached hydrogens (tertiary/aromatic N) is 1. The highest BCUT2D eigenvalue weighted by atomic mass is 14.9. The van der Waals surface area contributed by atoms with Crippen LogP contribution in [0, 0.1) is 0 Å². The molecule has 1 aliphatic rings. The smallest absolute Gasteiger partial charge is 0.0881 e. The van der Waals surface area contributed by atoms with Gasteiger partial charge in [-0.15, -0.1) is 0 Å². The van der Waals surface area contributed by atoms with Crippen molar-refractivity contribution in [1.29, 1.82) is 0 Å². The van der Waals surface area contributed by atoms with Gasteiger partial charge in [-0.2, -0.15) is 0 Å². The molecule has 1 aliphatic heterocycles. The second kappa shape index (κ2) is 3.66. The van der Waals surface area contributed by atoms with E-state index in [4.69, 9.17) is 0 Å². The number of nitrogens with one attached hydrogen (secondary N) is 2. The van der Waals surface area contributed by atoms with E-state index >= 15 is 0 Å². The minimum Gasteiger partial charge on any atom is -0.360 e. The summed E-state index contributed by atoms with van der Waals surface area (Å²) in [6.07, 6.45) is 6.44. The summed E-state index contributed by atoms with van der Waals surface area (Å²) < 4.78 is 0. The van der Waals surface area contributed by atoms with Crippen LogP contribution in [-0.2, 0) is 0 Å². The lowest BCUT2D eigenvalue weighted by Gasteiger charge is -2.23. The zero-order chi connectivity index (χ0) is 10.1. The van der Waals surface area contributed by atoms with Gasteiger partial charge in [-0.3, -0.25) is 4.98 Å². The second-order valence-corrected chi connectivity index (χ2v) is 4.18. The summed E-state index contributed by atoms with van der Waals surface area (Å²) in [5.74, 6) is 0.642. The number of aromatic amines is 1. The van der Waals surface area contributed by atoms with Gasteiger partial charge < -0.3 is 10.3 Å². The SMILES string of the molecule is c1cc(C2CCCNC2)c2[nH]ccc2n1. The molecule has 3 nitrogen and oxygen atoms in total. The first kappa shape index (κ1) is 8.92. The Labute approximate surface area is 88.9 Å². The van der Waals surface area contributed by atoms with Crippen molar-refractivity contribution >= 4 is 11.0 Å². The van der Waals surface area contributed by atoms with Gasteiger partial charge in [0.15, 0.2) is 0 Å². The first-order chi connectivity index (χ1) is 7.45. The lowest BCUT2D eigenvalue weighted by Crippen LogP contribution is -2.28. The van der Waals surface area contributed by atoms with Gasteiger partial charge in [-0.25, -0.2) is 0 Å². The van der Waals surface area contributed by atoms with E-state index in [0.717, 1.165) is 18.6 Å². The highest BCUT2D eigenvalue weighted by molar-refractivity contribution is 5.78. The molecular formula is C12H15N3. The van der Waals surface area contributed by atoms with Crippen molar-refractivity contribution in [2.45, 2.75) is 18.8 Å². The van der Waals surface area contributed by atoms with Crippen LogP contribution < -0.4 is 5.32 Å². The molecule has 1 atom stereocenters. The van der Waals surface area contributed by atoms with E-state index in [2.05, 4.69) is 21.4 Å². The lowest BCUT2D eigenvalue weighted by atomic mass is 9.91. The van der Waals surface area contributed by atoms with Crippen molar-refractivity contribution < 1.29 is 0 Å². The van der Waals surface area contributed by atoms with E-state index in [9.17, 15) is 0 Å². The molecule has 3 rings (SSSR count). The minimum atomic E-state index is 0.642. The Bertz CT molecular complexity index is 455. The normalized spacial score (nSPS) is 22.0. The Kier molecular flexibility index (Phi) is 2.18. The third-order valence-electron chi connectivity index (χ3n) is 3.22. The molecule has 2 aromatic rings. The van der Waals surface area contributed by atoms with Gasteiger partial charge in [0.1, 0.15) is 0 Å². The van der Waals surface area contributed by atoms with Gasteiger partial charge in [0.25, 0.3) is 0 Å². The van der Waals surface area contributed by atoms with Crippen molar-refractivity contribution in [3.05, 3.63) is 30.1 Å². The molecule has 0 saturated carbocycles. The topological polar surface area (TPSA) is 40.7 Å². The monoisotopic (exact) mass is 201 g/mol. The Hall–Kier alpha value is -1.35. The summed E-state index contributed by atoms with van der Waals surface area (Å²) >= 11 is 0. The number of H-pyrrole nitrogens is 1. The predicted molar refractivity (Wildman–Crippen MR) is 60.9 cm³/mol. The van der Waals surface area contributed by atoms with E-state index < -0.39 is 0 Å². The van der Waals surface area contributed by atoms with Crippen LogP contribution in [0.1, 0.15) is 24.3 Å². The van der Waals surface area contributed by atoms with Crippen molar-refractivity contribution in [3.8, 4) is 0 Å². The fourth-order valence-corrected chi connectivity index (χ4v) is 2.44. The summed E-state index contributed by atoms with van der Waals surface area (Å²) in [7, 11) is 0. The average molecular weight is 201 g/mol. The van der Waals surface area contributed by atoms with Gasteiger partial charge in [0.2, 0.25) is 0 Å². The molecule has 1 fully saturated rings. The molecule has 0 aliphatic carbocycles. The zero-order valence-corrected chi connectivity index (χ0v) is 8.66. The number of pyridine rings is 1. The summed E-state index contributed by atoms with van der Waals surface area (Å²) in [6.45, 7) is 2.26. The van der Waals surface area contributed by atoms with Crippen molar-refractivity contribution in [1.82, 2.24) is 15.3 Å². The third kappa shape index (κ3) is 1.53. The largest absolute Gasteiger partial charge is 0.360 e. The number of hydrogen-bond donors (Lipinski definition) is 2. The zero-order valence-electron chi connectivity index (χ0n) is 8.66. The molecule has 0 bridgehead atoms. The highest BCUT2D eigenvalue weighted by Crippen LogP contribution is 2.27. The van der Waals surface area contributed by atoms with E-state index in [1.165, 1.54) is 23.9 Å². The molecule has 3 heterocycles. The number of piperidine rings is 1. The summed E-state index contributed by atoms with van der Waals surface area (Å²) in [5.41, 5.74) is 3.71. The number of fused-ring (bicyclic) bond motifs is 1. The summed E-state index contributed by atoms with van der Waals surface area (Å²) in [5, 5.41) is 3.46. The van der Waals surface area contributed by atoms with Crippen LogP contribution >= 0.6 is 0 Å². The second-order valence-electron chi connectivity index (χ2n) is 4.18. The first-order valence-electron chi connectivity index (χ1n) is 5.58. The van der Waals surface area contributed by atoms with Gasteiger partial charge in [0, 0.05) is 18.9 Å². The maximum absolute atomic E-state index is 4.35. The third-order valence-corrected chi connectivity index (χ3v) is 3.22. The molecule has 78 valence electrons. The maximum atomic E-state index is 4.35. The van der Waals surface area contributed by atoms with Crippen LogP contribution in [0.2, 0.25) is 0 Å². The van der Waals surface area contributed by atoms with Crippen LogP contribution in [0.4, 0.5) is 0 Å². The molecule has 3 heteroatoms. The summed E-state index contributed by atoms with van der Waals surface area (Å²) in [6, 6.07) is 4.19. The van der Waals surface area contributed by atoms with Gasteiger partial charge in [-0.05, 0) is 43.0 Å². The molecule has 1 unspecified atom stereocenters. The molecule has 2 N–H and O–H groups in total. The Morgan fingerprint density at radius 2 is 2.33 bits per heavy atom. The fraction of sp³-hybridized carbons (Fsp3) is 0.417. The molecule has 0 radical (unpaired) electrons. The van der Waals surface area contributed by atoms with E-state index in [1.54, 1.807) is 0 Å². The predicted octanol–water partition coefficient (Wildman–Crippen LogP) is 2.03. The average Bonchev–Trinajstić information content (AvgIpc) is 2.78. The number of aromatic nitrogens is 2. The highest BCUT2D eigenvalue weighted by Gasteiger charge is 2.17. The van der Waals surface area contributed by atoms with E-state index in [1.807, 2.05) is 18.5 Å². The molecular weight excluding hydrogens is 186 g/mol. The van der Waals surface area contributed by atoms with Crippen LogP contribution in [0.3, 0.4) is 0 Å². The fourth-order valence-electron chi connectivity index (χ4n) is 2.44. The van der Waals surface area contributed by atoms with E-state index in [-0.39, 0.29) is 0 Å². The van der Waals surface area contributed by atoms with Crippen molar-refractivity contribution in [2.75, 3.05) is 13.1 Å². The molecule has 0 spiro atoms. The quantitative estimate of drug-likeness (QED) is 0.741. The van der Waals surface area contributed by atoms with Crippen LogP contribution in [0.5, 0.6) is 0 Å².